The summed E-state index contributed by atoms with van der Waals surface area (Å²) in [6.45, 7) is 0. The van der Waals surface area contributed by atoms with Gasteiger partial charge in [0.15, 0.2) is 0 Å². The number of carbonyl (C=O) groups is 1. The number of nitrogens with zero attached hydrogens (tertiary/aromatic N) is 2. The molecule has 1 aliphatic heterocycles. The van der Waals surface area contributed by atoms with Gasteiger partial charge in [-0.25, -0.2) is 0 Å². The van der Waals surface area contributed by atoms with E-state index < -0.39 is 10.3 Å². The molecule has 1 fully saturated rings. The van der Waals surface area contributed by atoms with Crippen molar-refractivity contribution in [3.05, 3.63) is 68.2 Å². The van der Waals surface area contributed by atoms with E-state index in [-0.39, 0.29) is 17.3 Å². The first kappa shape index (κ1) is 16.1. The zero-order valence-corrected chi connectivity index (χ0v) is 13.9. The lowest BCUT2D eigenvalue weighted by Gasteiger charge is -2.24. The van der Waals surface area contributed by atoms with Crippen LogP contribution in [0.3, 0.4) is 0 Å². The Hall–Kier alpha value is -1.76. The maximum absolute atomic E-state index is 12.3. The fourth-order valence-electron chi connectivity index (χ4n) is 2.47. The minimum Gasteiger partial charge on any atom is -0.295 e. The summed E-state index contributed by atoms with van der Waals surface area (Å²) in [6.07, 6.45) is 0. The van der Waals surface area contributed by atoms with Gasteiger partial charge in [-0.05, 0) is 24.3 Å². The molecule has 1 aliphatic rings. The van der Waals surface area contributed by atoms with E-state index in [9.17, 15) is 14.9 Å². The molecule has 118 valence electrons. The molecule has 23 heavy (non-hydrogen) atoms. The van der Waals surface area contributed by atoms with E-state index >= 15 is 0 Å². The van der Waals surface area contributed by atoms with Gasteiger partial charge in [-0.2, -0.15) is 0 Å². The SMILES string of the molecule is O=C1CS[C@H](c2ccccc2[N+](=O)[O-])N1c1cc(Cl)cc(Cl)c1. The maximum Gasteiger partial charge on any atom is 0.275 e. The first-order valence-corrected chi connectivity index (χ1v) is 8.41. The van der Waals surface area contributed by atoms with E-state index in [1.807, 2.05) is 0 Å². The van der Waals surface area contributed by atoms with E-state index in [1.165, 1.54) is 22.7 Å². The van der Waals surface area contributed by atoms with Gasteiger partial charge in [0.2, 0.25) is 5.91 Å². The number of carbonyl (C=O) groups excluding carboxylic acids is 1. The fourth-order valence-corrected chi connectivity index (χ4v) is 4.20. The molecule has 0 spiro atoms. The van der Waals surface area contributed by atoms with Crippen molar-refractivity contribution in [1.82, 2.24) is 0 Å². The van der Waals surface area contributed by atoms with Crippen LogP contribution in [0, 0.1) is 10.1 Å². The molecular weight excluding hydrogens is 359 g/mol. The third-order valence-corrected chi connectivity index (χ3v) is 5.02. The third-order valence-electron chi connectivity index (χ3n) is 3.39. The second-order valence-electron chi connectivity index (χ2n) is 4.87. The molecule has 5 nitrogen and oxygen atoms in total. The summed E-state index contributed by atoms with van der Waals surface area (Å²) in [4.78, 5) is 24.6. The van der Waals surface area contributed by atoms with Crippen molar-refractivity contribution in [3.8, 4) is 0 Å². The van der Waals surface area contributed by atoms with Crippen LogP contribution in [0.4, 0.5) is 11.4 Å². The molecule has 1 amide bonds. The van der Waals surface area contributed by atoms with Crippen LogP contribution in [0.15, 0.2) is 42.5 Å². The molecule has 0 aromatic heterocycles. The highest BCUT2D eigenvalue weighted by atomic mass is 35.5. The highest BCUT2D eigenvalue weighted by molar-refractivity contribution is 8.00. The van der Waals surface area contributed by atoms with E-state index in [1.54, 1.807) is 36.4 Å². The molecule has 0 unspecified atom stereocenters. The summed E-state index contributed by atoms with van der Waals surface area (Å²) in [6, 6.07) is 11.2. The van der Waals surface area contributed by atoms with Crippen LogP contribution in [0.5, 0.6) is 0 Å². The zero-order chi connectivity index (χ0) is 16.6. The zero-order valence-electron chi connectivity index (χ0n) is 11.6. The first-order valence-electron chi connectivity index (χ1n) is 6.60. The number of nitro benzene ring substituents is 1. The van der Waals surface area contributed by atoms with Crippen molar-refractivity contribution in [2.45, 2.75) is 5.37 Å². The van der Waals surface area contributed by atoms with E-state index in [4.69, 9.17) is 23.2 Å². The predicted octanol–water partition coefficient (Wildman–Crippen LogP) is 4.68. The molecule has 3 rings (SSSR count). The Morgan fingerprint density at radius 3 is 2.48 bits per heavy atom. The Morgan fingerprint density at radius 1 is 1.17 bits per heavy atom. The third kappa shape index (κ3) is 3.15. The molecule has 0 saturated carbocycles. The molecule has 0 N–H and O–H groups in total. The number of hydrogen-bond acceptors (Lipinski definition) is 4. The monoisotopic (exact) mass is 368 g/mol. The number of benzene rings is 2. The van der Waals surface area contributed by atoms with Crippen molar-refractivity contribution in [3.63, 3.8) is 0 Å². The number of amides is 1. The smallest absolute Gasteiger partial charge is 0.275 e. The Kier molecular flexibility index (Phi) is 4.48. The summed E-state index contributed by atoms with van der Waals surface area (Å²) >= 11 is 13.4. The average molecular weight is 369 g/mol. The molecule has 0 bridgehead atoms. The molecule has 0 aliphatic carbocycles. The van der Waals surface area contributed by atoms with Crippen LogP contribution in [0.1, 0.15) is 10.9 Å². The summed E-state index contributed by atoms with van der Waals surface area (Å²) in [5, 5.41) is 11.6. The van der Waals surface area contributed by atoms with Gasteiger partial charge in [-0.1, -0.05) is 35.3 Å². The average Bonchev–Trinajstić information content (AvgIpc) is 2.87. The fraction of sp³-hybridized carbons (Fsp3) is 0.133. The van der Waals surface area contributed by atoms with E-state index in [0.717, 1.165) is 0 Å². The van der Waals surface area contributed by atoms with Crippen molar-refractivity contribution in [2.24, 2.45) is 0 Å². The van der Waals surface area contributed by atoms with Gasteiger partial charge >= 0.3 is 0 Å². The number of halogens is 2. The van der Waals surface area contributed by atoms with Crippen molar-refractivity contribution >= 4 is 52.2 Å². The molecule has 1 atom stereocenters. The number of nitro groups is 1. The van der Waals surface area contributed by atoms with Gasteiger partial charge < -0.3 is 0 Å². The van der Waals surface area contributed by atoms with E-state index in [2.05, 4.69) is 0 Å². The number of para-hydroxylation sites is 1. The molecule has 0 radical (unpaired) electrons. The molecule has 8 heteroatoms. The summed E-state index contributed by atoms with van der Waals surface area (Å²) in [5.74, 6) is 0.0948. The quantitative estimate of drug-likeness (QED) is 0.582. The number of rotatable bonds is 3. The second-order valence-corrected chi connectivity index (χ2v) is 6.81. The van der Waals surface area contributed by atoms with Gasteiger partial charge in [0, 0.05) is 21.8 Å². The van der Waals surface area contributed by atoms with Gasteiger partial charge in [0.05, 0.1) is 16.2 Å². The van der Waals surface area contributed by atoms with Crippen molar-refractivity contribution < 1.29 is 9.72 Å². The number of thioether (sulfide) groups is 1. The Bertz CT molecular complexity index is 780. The van der Waals surface area contributed by atoms with Crippen LogP contribution in [-0.4, -0.2) is 16.6 Å². The lowest BCUT2D eigenvalue weighted by molar-refractivity contribution is -0.385. The minimum absolute atomic E-state index is 0.0159. The maximum atomic E-state index is 12.3. The predicted molar refractivity (Wildman–Crippen MR) is 92.2 cm³/mol. The highest BCUT2D eigenvalue weighted by Gasteiger charge is 2.37. The Labute approximate surface area is 146 Å². The Balaban J connectivity index is 2.09. The van der Waals surface area contributed by atoms with Crippen LogP contribution in [-0.2, 0) is 4.79 Å². The normalized spacial score (nSPS) is 17.6. The molecule has 1 heterocycles. The largest absolute Gasteiger partial charge is 0.295 e. The number of hydrogen-bond donors (Lipinski definition) is 0. The highest BCUT2D eigenvalue weighted by Crippen LogP contribution is 2.45. The molecular formula is C15H10Cl2N2O3S. The lowest BCUT2D eigenvalue weighted by Crippen LogP contribution is -2.28. The van der Waals surface area contributed by atoms with Gasteiger partial charge in [-0.3, -0.25) is 19.8 Å². The van der Waals surface area contributed by atoms with Gasteiger partial charge in [-0.15, -0.1) is 11.8 Å². The lowest BCUT2D eigenvalue weighted by atomic mass is 10.1. The molecule has 2 aromatic carbocycles. The second kappa shape index (κ2) is 6.39. The van der Waals surface area contributed by atoms with Crippen LogP contribution in [0.2, 0.25) is 10.0 Å². The summed E-state index contributed by atoms with van der Waals surface area (Å²) in [5.41, 5.74) is 0.989. The van der Waals surface area contributed by atoms with Crippen LogP contribution >= 0.6 is 35.0 Å². The number of anilines is 1. The van der Waals surface area contributed by atoms with Crippen LogP contribution < -0.4 is 4.90 Å². The molecule has 1 saturated heterocycles. The summed E-state index contributed by atoms with van der Waals surface area (Å²) < 4.78 is 0. The standard InChI is InChI=1S/C15H10Cl2N2O3S/c16-9-5-10(17)7-11(6-9)18-14(20)8-23-15(18)12-3-1-2-4-13(12)19(21)22/h1-7,15H,8H2/t15-/m1/s1. The van der Waals surface area contributed by atoms with Gasteiger partial charge in [0.25, 0.3) is 5.69 Å². The van der Waals surface area contributed by atoms with Crippen molar-refractivity contribution in [1.29, 1.82) is 0 Å². The van der Waals surface area contributed by atoms with E-state index in [0.29, 0.717) is 21.3 Å². The topological polar surface area (TPSA) is 63.4 Å². The molecule has 2 aromatic rings. The Morgan fingerprint density at radius 2 is 1.83 bits per heavy atom. The van der Waals surface area contributed by atoms with Crippen molar-refractivity contribution in [2.75, 3.05) is 10.7 Å². The first-order chi connectivity index (χ1) is 11.0. The van der Waals surface area contributed by atoms with Gasteiger partial charge in [0.1, 0.15) is 5.37 Å². The van der Waals surface area contributed by atoms with Crippen LogP contribution in [0.25, 0.3) is 0 Å². The summed E-state index contributed by atoms with van der Waals surface area (Å²) in [7, 11) is 0. The minimum atomic E-state index is -0.487.